The van der Waals surface area contributed by atoms with Gasteiger partial charge in [0, 0.05) is 5.69 Å². The van der Waals surface area contributed by atoms with Crippen LogP contribution >= 0.6 is 0 Å². The molecule has 1 amide bonds. The van der Waals surface area contributed by atoms with Gasteiger partial charge < -0.3 is 10.1 Å². The summed E-state index contributed by atoms with van der Waals surface area (Å²) in [5, 5.41) is 2.12. The maximum absolute atomic E-state index is 13.1. The molecule has 0 aliphatic carbocycles. The second kappa shape index (κ2) is 7.29. The molecule has 2 aromatic carbocycles. The smallest absolute Gasteiger partial charge is 0.417 e. The van der Waals surface area contributed by atoms with E-state index in [0.717, 1.165) is 13.2 Å². The van der Waals surface area contributed by atoms with Gasteiger partial charge >= 0.3 is 18.3 Å². The molecule has 0 heterocycles. The molecular weight excluding hydrogens is 380 g/mol. The van der Waals surface area contributed by atoms with E-state index in [0.29, 0.717) is 12.1 Å². The van der Waals surface area contributed by atoms with E-state index in [1.807, 2.05) is 0 Å². The number of rotatable bonds is 3. The fraction of sp³-hybridized carbons (Fsp3) is 0.176. The van der Waals surface area contributed by atoms with Crippen molar-refractivity contribution >= 4 is 17.6 Å². The Morgan fingerprint density at radius 2 is 1.59 bits per heavy atom. The Morgan fingerprint density at radius 1 is 0.926 bits per heavy atom. The molecule has 1 N–H and O–H groups in total. The summed E-state index contributed by atoms with van der Waals surface area (Å²) >= 11 is 0. The lowest BCUT2D eigenvalue weighted by Crippen LogP contribution is -2.20. The van der Waals surface area contributed by atoms with Crippen molar-refractivity contribution in [3.8, 4) is 0 Å². The van der Waals surface area contributed by atoms with Gasteiger partial charge in [0.1, 0.15) is 0 Å². The minimum absolute atomic E-state index is 0.0266. The number of anilines is 1. The normalized spacial score (nSPS) is 11.8. The van der Waals surface area contributed by atoms with E-state index in [-0.39, 0.29) is 17.3 Å². The SMILES string of the molecule is COC(=O)c1cccc(NC(=O)c2ccc(C(F)(F)F)cc2C(F)(F)F)c1. The molecule has 4 nitrogen and oxygen atoms in total. The average Bonchev–Trinajstić information content (AvgIpc) is 2.59. The van der Waals surface area contributed by atoms with E-state index < -0.39 is 40.9 Å². The third-order valence-corrected chi connectivity index (χ3v) is 3.44. The number of alkyl halides is 6. The molecule has 0 aromatic heterocycles. The molecule has 27 heavy (non-hydrogen) atoms. The van der Waals surface area contributed by atoms with Crippen LogP contribution in [-0.2, 0) is 17.1 Å². The van der Waals surface area contributed by atoms with Gasteiger partial charge in [0.2, 0.25) is 0 Å². The minimum atomic E-state index is -5.18. The first-order chi connectivity index (χ1) is 12.4. The van der Waals surface area contributed by atoms with Crippen LogP contribution in [0.2, 0.25) is 0 Å². The molecule has 144 valence electrons. The molecule has 0 radical (unpaired) electrons. The van der Waals surface area contributed by atoms with E-state index >= 15 is 0 Å². The molecule has 0 unspecified atom stereocenters. The topological polar surface area (TPSA) is 55.4 Å². The Labute approximate surface area is 148 Å². The number of hydrogen-bond acceptors (Lipinski definition) is 3. The summed E-state index contributed by atoms with van der Waals surface area (Å²) in [6, 6.07) is 5.85. The highest BCUT2D eigenvalue weighted by atomic mass is 19.4. The molecule has 0 aliphatic rings. The second-order valence-electron chi connectivity index (χ2n) is 5.28. The lowest BCUT2D eigenvalue weighted by Gasteiger charge is -2.16. The highest BCUT2D eigenvalue weighted by Crippen LogP contribution is 2.37. The summed E-state index contributed by atoms with van der Waals surface area (Å²) in [5.74, 6) is -2.02. The van der Waals surface area contributed by atoms with Gasteiger partial charge in [-0.2, -0.15) is 26.3 Å². The number of nitrogens with one attached hydrogen (secondary N) is 1. The van der Waals surface area contributed by atoms with Crippen LogP contribution in [0, 0.1) is 0 Å². The first-order valence-corrected chi connectivity index (χ1v) is 7.21. The van der Waals surface area contributed by atoms with Gasteiger partial charge in [0.05, 0.1) is 29.4 Å². The zero-order valence-corrected chi connectivity index (χ0v) is 13.5. The molecule has 0 saturated heterocycles. The molecule has 0 saturated carbocycles. The first-order valence-electron chi connectivity index (χ1n) is 7.21. The number of carbonyl (C=O) groups excluding carboxylic acids is 2. The van der Waals surface area contributed by atoms with Crippen molar-refractivity contribution in [3.63, 3.8) is 0 Å². The molecule has 0 bridgehead atoms. The number of esters is 1. The van der Waals surface area contributed by atoms with Crippen molar-refractivity contribution in [1.29, 1.82) is 0 Å². The predicted octanol–water partition coefficient (Wildman–Crippen LogP) is 4.76. The second-order valence-corrected chi connectivity index (χ2v) is 5.28. The van der Waals surface area contributed by atoms with Crippen LogP contribution in [0.3, 0.4) is 0 Å². The fourth-order valence-electron chi connectivity index (χ4n) is 2.19. The standard InChI is InChI=1S/C17H11F6NO3/c1-27-15(26)9-3-2-4-11(7-9)24-14(25)12-6-5-10(16(18,19)20)8-13(12)17(21,22)23/h2-8H,1H3,(H,24,25). The lowest BCUT2D eigenvalue weighted by molar-refractivity contribution is -0.143. The predicted molar refractivity (Wildman–Crippen MR) is 82.2 cm³/mol. The number of amides is 1. The van der Waals surface area contributed by atoms with Crippen LogP contribution in [-0.4, -0.2) is 19.0 Å². The highest BCUT2D eigenvalue weighted by Gasteiger charge is 2.39. The first kappa shape index (κ1) is 20.3. The Morgan fingerprint density at radius 3 is 2.15 bits per heavy atom. The Hall–Kier alpha value is -3.04. The van der Waals surface area contributed by atoms with E-state index in [9.17, 15) is 35.9 Å². The van der Waals surface area contributed by atoms with Crippen LogP contribution in [0.5, 0.6) is 0 Å². The van der Waals surface area contributed by atoms with E-state index in [1.165, 1.54) is 18.2 Å². The number of hydrogen-bond donors (Lipinski definition) is 1. The fourth-order valence-corrected chi connectivity index (χ4v) is 2.19. The van der Waals surface area contributed by atoms with Crippen LogP contribution in [0.1, 0.15) is 31.8 Å². The summed E-state index contributed by atoms with van der Waals surface area (Å²) in [4.78, 5) is 23.6. The van der Waals surface area contributed by atoms with Crippen LogP contribution in [0.25, 0.3) is 0 Å². The summed E-state index contributed by atoms with van der Waals surface area (Å²) in [7, 11) is 1.12. The Balaban J connectivity index is 2.40. The average molecular weight is 391 g/mol. The highest BCUT2D eigenvalue weighted by molar-refractivity contribution is 6.06. The van der Waals surface area contributed by atoms with Crippen LogP contribution in [0.4, 0.5) is 32.0 Å². The molecule has 2 rings (SSSR count). The summed E-state index contributed by atoms with van der Waals surface area (Å²) in [5.41, 5.74) is -4.24. The monoisotopic (exact) mass is 391 g/mol. The van der Waals surface area contributed by atoms with Crippen LogP contribution in [0.15, 0.2) is 42.5 Å². The van der Waals surface area contributed by atoms with Gasteiger partial charge in [-0.3, -0.25) is 4.79 Å². The largest absolute Gasteiger partial charge is 0.465 e. The maximum Gasteiger partial charge on any atom is 0.417 e. The zero-order valence-electron chi connectivity index (χ0n) is 13.5. The summed E-state index contributed by atoms with van der Waals surface area (Å²) in [6.07, 6.45) is -10.2. The lowest BCUT2D eigenvalue weighted by atomic mass is 10.0. The summed E-state index contributed by atoms with van der Waals surface area (Å²) in [6.45, 7) is 0. The number of ether oxygens (including phenoxy) is 1. The van der Waals surface area contributed by atoms with Gasteiger partial charge in [-0.1, -0.05) is 6.07 Å². The molecule has 0 spiro atoms. The zero-order chi connectivity index (χ0) is 20.4. The number of methoxy groups -OCH3 is 1. The van der Waals surface area contributed by atoms with Crippen LogP contribution < -0.4 is 5.32 Å². The maximum atomic E-state index is 13.1. The van der Waals surface area contributed by atoms with E-state index in [2.05, 4.69) is 10.1 Å². The third-order valence-electron chi connectivity index (χ3n) is 3.44. The molecule has 0 fully saturated rings. The van der Waals surface area contributed by atoms with Gasteiger partial charge in [-0.05, 0) is 36.4 Å². The van der Waals surface area contributed by atoms with Crippen molar-refractivity contribution in [1.82, 2.24) is 0 Å². The van der Waals surface area contributed by atoms with Gasteiger partial charge in [-0.25, -0.2) is 4.79 Å². The molecule has 0 aliphatic heterocycles. The van der Waals surface area contributed by atoms with Crippen molar-refractivity contribution in [2.45, 2.75) is 12.4 Å². The third kappa shape index (κ3) is 4.78. The van der Waals surface area contributed by atoms with Crippen molar-refractivity contribution in [3.05, 3.63) is 64.7 Å². The van der Waals surface area contributed by atoms with Crippen molar-refractivity contribution < 1.29 is 40.7 Å². The summed E-state index contributed by atoms with van der Waals surface area (Å²) < 4.78 is 81.9. The Kier molecular flexibility index (Phi) is 5.48. The van der Waals surface area contributed by atoms with Gasteiger partial charge in [-0.15, -0.1) is 0 Å². The minimum Gasteiger partial charge on any atom is -0.465 e. The van der Waals surface area contributed by atoms with Gasteiger partial charge in [0.25, 0.3) is 5.91 Å². The van der Waals surface area contributed by atoms with Crippen molar-refractivity contribution in [2.24, 2.45) is 0 Å². The molecule has 2 aromatic rings. The van der Waals surface area contributed by atoms with E-state index in [1.54, 1.807) is 0 Å². The van der Waals surface area contributed by atoms with E-state index in [4.69, 9.17) is 0 Å². The van der Waals surface area contributed by atoms with Crippen molar-refractivity contribution in [2.75, 3.05) is 12.4 Å². The number of benzene rings is 2. The molecule has 0 atom stereocenters. The number of carbonyl (C=O) groups is 2. The molecule has 10 heteroatoms. The Bertz CT molecular complexity index is 874. The molecular formula is C17H11F6NO3. The quantitative estimate of drug-likeness (QED) is 0.606. The number of halogens is 6. The van der Waals surface area contributed by atoms with Gasteiger partial charge in [0.15, 0.2) is 0 Å².